The van der Waals surface area contributed by atoms with Crippen LogP contribution >= 0.6 is 12.2 Å². The van der Waals surface area contributed by atoms with E-state index in [1.54, 1.807) is 12.1 Å². The Hall–Kier alpha value is -1.34. The molecule has 0 aliphatic carbocycles. The van der Waals surface area contributed by atoms with Crippen molar-refractivity contribution in [2.45, 2.75) is 0 Å². The third-order valence-corrected chi connectivity index (χ3v) is 1.45. The molecule has 0 aromatic carbocycles. The topological polar surface area (TPSA) is 48.8 Å². The molecule has 0 radical (unpaired) electrons. The number of nitrogens with one attached hydrogen (secondary N) is 1. The quantitative estimate of drug-likeness (QED) is 0.645. The van der Waals surface area contributed by atoms with Crippen molar-refractivity contribution in [1.82, 2.24) is 4.98 Å². The lowest BCUT2D eigenvalue weighted by Gasteiger charge is -1.99. The summed E-state index contributed by atoms with van der Waals surface area (Å²) >= 11 is 4.81. The van der Waals surface area contributed by atoms with E-state index >= 15 is 0 Å². The van der Waals surface area contributed by atoms with Crippen molar-refractivity contribution in [3.05, 3.63) is 22.5 Å². The molecule has 1 heterocycles. The second-order valence-corrected chi connectivity index (χ2v) is 2.32. The molecule has 0 aliphatic rings. The van der Waals surface area contributed by atoms with E-state index in [0.29, 0.717) is 16.1 Å². The smallest absolute Gasteiger partial charge is 0.161 e. The lowest BCUT2D eigenvalue weighted by molar-refractivity contribution is 0.411. The third-order valence-electron chi connectivity index (χ3n) is 1.21. The Morgan fingerprint density at radius 2 is 2.36 bits per heavy atom. The molecule has 11 heavy (non-hydrogen) atoms. The van der Waals surface area contributed by atoms with Crippen molar-refractivity contribution < 1.29 is 4.74 Å². The molecule has 4 heteroatoms. The summed E-state index contributed by atoms with van der Waals surface area (Å²) in [5.74, 6) is 0.515. The molecule has 0 aliphatic heterocycles. The largest absolute Gasteiger partial charge is 0.494 e. The standard InChI is InChI=1S/C7H6N2OS/c1-10-6-2-3-7(11)9-5(6)4-8/h2-3H,1H3,(H,9,11). The van der Waals surface area contributed by atoms with Crippen LogP contribution in [0.4, 0.5) is 0 Å². The summed E-state index contributed by atoms with van der Waals surface area (Å²) in [6.07, 6.45) is 0. The lowest BCUT2D eigenvalue weighted by atomic mass is 10.3. The van der Waals surface area contributed by atoms with E-state index in [1.165, 1.54) is 7.11 Å². The van der Waals surface area contributed by atoms with Crippen LogP contribution in [0.25, 0.3) is 0 Å². The molecule has 1 N–H and O–H groups in total. The number of nitrogens with zero attached hydrogens (tertiary/aromatic N) is 1. The fourth-order valence-corrected chi connectivity index (χ4v) is 0.884. The number of ether oxygens (including phenoxy) is 1. The molecule has 1 aromatic rings. The molecular weight excluding hydrogens is 160 g/mol. The zero-order valence-electron chi connectivity index (χ0n) is 5.92. The van der Waals surface area contributed by atoms with Gasteiger partial charge in [-0.05, 0) is 12.1 Å². The summed E-state index contributed by atoms with van der Waals surface area (Å²) in [6.45, 7) is 0. The molecule has 0 fully saturated rings. The van der Waals surface area contributed by atoms with E-state index in [4.69, 9.17) is 22.2 Å². The van der Waals surface area contributed by atoms with Crippen molar-refractivity contribution in [2.24, 2.45) is 0 Å². The Morgan fingerprint density at radius 3 is 2.91 bits per heavy atom. The highest BCUT2D eigenvalue weighted by Crippen LogP contribution is 2.12. The zero-order chi connectivity index (χ0) is 8.27. The molecule has 0 atom stereocenters. The SMILES string of the molecule is COc1ccc(=S)[nH]c1C#N. The molecular formula is C7H6N2OS. The predicted molar refractivity (Wildman–Crippen MR) is 42.9 cm³/mol. The van der Waals surface area contributed by atoms with E-state index in [1.807, 2.05) is 6.07 Å². The Bertz CT molecular complexity index is 350. The van der Waals surface area contributed by atoms with Gasteiger partial charge in [0.1, 0.15) is 10.7 Å². The molecule has 1 rings (SSSR count). The van der Waals surface area contributed by atoms with Crippen LogP contribution in [-0.4, -0.2) is 12.1 Å². The summed E-state index contributed by atoms with van der Waals surface area (Å²) in [7, 11) is 1.51. The Kier molecular flexibility index (Phi) is 2.24. The van der Waals surface area contributed by atoms with Crippen molar-refractivity contribution in [3.63, 3.8) is 0 Å². The number of pyridine rings is 1. The molecule has 0 unspecified atom stereocenters. The maximum Gasteiger partial charge on any atom is 0.161 e. The van der Waals surface area contributed by atoms with Crippen LogP contribution < -0.4 is 4.74 Å². The highest BCUT2D eigenvalue weighted by molar-refractivity contribution is 7.71. The van der Waals surface area contributed by atoms with Gasteiger partial charge in [0, 0.05) is 0 Å². The minimum Gasteiger partial charge on any atom is -0.494 e. The van der Waals surface area contributed by atoms with Gasteiger partial charge in [-0.3, -0.25) is 0 Å². The minimum absolute atomic E-state index is 0.361. The van der Waals surface area contributed by atoms with E-state index in [0.717, 1.165) is 0 Å². The molecule has 0 spiro atoms. The molecule has 0 saturated carbocycles. The number of methoxy groups -OCH3 is 1. The van der Waals surface area contributed by atoms with Gasteiger partial charge in [0.25, 0.3) is 0 Å². The van der Waals surface area contributed by atoms with Gasteiger partial charge < -0.3 is 9.72 Å². The molecule has 56 valence electrons. The number of nitriles is 1. The van der Waals surface area contributed by atoms with Gasteiger partial charge >= 0.3 is 0 Å². The molecule has 0 saturated heterocycles. The van der Waals surface area contributed by atoms with Gasteiger partial charge in [-0.1, -0.05) is 12.2 Å². The number of aromatic nitrogens is 1. The van der Waals surface area contributed by atoms with Crippen molar-refractivity contribution >= 4 is 12.2 Å². The Morgan fingerprint density at radius 1 is 1.64 bits per heavy atom. The fraction of sp³-hybridized carbons (Fsp3) is 0.143. The lowest BCUT2D eigenvalue weighted by Crippen LogP contribution is -1.90. The van der Waals surface area contributed by atoms with Gasteiger partial charge in [-0.15, -0.1) is 0 Å². The highest BCUT2D eigenvalue weighted by atomic mass is 32.1. The van der Waals surface area contributed by atoms with Crippen molar-refractivity contribution in [2.75, 3.05) is 7.11 Å². The summed E-state index contributed by atoms with van der Waals surface area (Å²) in [5.41, 5.74) is 0.361. The fourth-order valence-electron chi connectivity index (χ4n) is 0.714. The summed E-state index contributed by atoms with van der Waals surface area (Å²) in [5, 5.41) is 8.57. The average Bonchev–Trinajstić information content (AvgIpc) is 2.04. The van der Waals surface area contributed by atoms with Crippen molar-refractivity contribution in [1.29, 1.82) is 5.26 Å². The molecule has 0 bridgehead atoms. The normalized spacial score (nSPS) is 8.73. The first-order valence-electron chi connectivity index (χ1n) is 2.95. The number of aromatic amines is 1. The van der Waals surface area contributed by atoms with E-state index < -0.39 is 0 Å². The predicted octanol–water partition coefficient (Wildman–Crippen LogP) is 1.62. The van der Waals surface area contributed by atoms with Crippen LogP contribution in [0.5, 0.6) is 5.75 Å². The minimum atomic E-state index is 0.361. The van der Waals surface area contributed by atoms with Crippen LogP contribution in [-0.2, 0) is 0 Å². The van der Waals surface area contributed by atoms with Crippen LogP contribution in [0.3, 0.4) is 0 Å². The second-order valence-electron chi connectivity index (χ2n) is 1.88. The van der Waals surface area contributed by atoms with Crippen molar-refractivity contribution in [3.8, 4) is 11.8 Å². The van der Waals surface area contributed by atoms with E-state index in [2.05, 4.69) is 4.98 Å². The van der Waals surface area contributed by atoms with Crippen LogP contribution in [0.2, 0.25) is 0 Å². The van der Waals surface area contributed by atoms with Crippen LogP contribution in [0, 0.1) is 16.0 Å². The molecule has 1 aromatic heterocycles. The second kappa shape index (κ2) is 3.17. The van der Waals surface area contributed by atoms with Gasteiger partial charge in [-0.2, -0.15) is 5.26 Å². The monoisotopic (exact) mass is 166 g/mol. The first-order chi connectivity index (χ1) is 5.27. The number of hydrogen-bond donors (Lipinski definition) is 1. The Labute approximate surface area is 69.2 Å². The summed E-state index contributed by atoms with van der Waals surface area (Å²) in [4.78, 5) is 2.71. The number of hydrogen-bond acceptors (Lipinski definition) is 3. The van der Waals surface area contributed by atoms with Gasteiger partial charge in [0.05, 0.1) is 7.11 Å². The average molecular weight is 166 g/mol. The Balaban J connectivity index is 3.30. The first-order valence-corrected chi connectivity index (χ1v) is 3.36. The molecule has 0 amide bonds. The number of rotatable bonds is 1. The highest BCUT2D eigenvalue weighted by Gasteiger charge is 1.98. The first kappa shape index (κ1) is 7.76. The maximum atomic E-state index is 8.57. The maximum absolute atomic E-state index is 8.57. The van der Waals surface area contributed by atoms with E-state index in [-0.39, 0.29) is 0 Å². The summed E-state index contributed by atoms with van der Waals surface area (Å²) in [6, 6.07) is 5.28. The zero-order valence-corrected chi connectivity index (χ0v) is 6.73. The van der Waals surface area contributed by atoms with Gasteiger partial charge in [0.2, 0.25) is 0 Å². The van der Waals surface area contributed by atoms with E-state index in [9.17, 15) is 0 Å². The number of H-pyrrole nitrogens is 1. The third kappa shape index (κ3) is 1.57. The van der Waals surface area contributed by atoms with Crippen LogP contribution in [0.1, 0.15) is 5.69 Å². The van der Waals surface area contributed by atoms with Crippen LogP contribution in [0.15, 0.2) is 12.1 Å². The van der Waals surface area contributed by atoms with Gasteiger partial charge in [-0.25, -0.2) is 0 Å². The summed E-state index contributed by atoms with van der Waals surface area (Å²) < 4.78 is 5.42. The molecule has 3 nitrogen and oxygen atoms in total. The van der Waals surface area contributed by atoms with Gasteiger partial charge in [0.15, 0.2) is 11.4 Å².